The van der Waals surface area contributed by atoms with E-state index in [4.69, 9.17) is 9.15 Å². The molecular weight excluding hydrogens is 432 g/mol. The van der Waals surface area contributed by atoms with Crippen LogP contribution in [0.1, 0.15) is 23.7 Å². The molecule has 0 saturated heterocycles. The van der Waals surface area contributed by atoms with Crippen LogP contribution in [0.2, 0.25) is 0 Å². The van der Waals surface area contributed by atoms with Crippen LogP contribution in [0.3, 0.4) is 0 Å². The number of carbonyl (C=O) groups is 2. The minimum Gasteiger partial charge on any atom is -0.469 e. The van der Waals surface area contributed by atoms with Gasteiger partial charge >= 0.3 is 5.97 Å². The molecule has 27 heavy (non-hydrogen) atoms. The van der Waals surface area contributed by atoms with Crippen molar-refractivity contribution < 1.29 is 18.7 Å². The summed E-state index contributed by atoms with van der Waals surface area (Å²) < 4.78 is 11.0. The van der Waals surface area contributed by atoms with Crippen LogP contribution >= 0.6 is 27.3 Å². The van der Waals surface area contributed by atoms with E-state index in [1.165, 1.54) is 18.4 Å². The number of hydrogen-bond acceptors (Lipinski definition) is 6. The van der Waals surface area contributed by atoms with Crippen molar-refractivity contribution in [3.8, 4) is 10.8 Å². The first kappa shape index (κ1) is 19.3. The first-order valence-electron chi connectivity index (χ1n) is 8.15. The van der Waals surface area contributed by atoms with Crippen LogP contribution in [0.5, 0.6) is 0 Å². The van der Waals surface area contributed by atoms with Crippen LogP contribution in [-0.2, 0) is 20.7 Å². The number of esters is 1. The summed E-state index contributed by atoms with van der Waals surface area (Å²) in [6.07, 6.45) is 1.75. The SMILES string of the molecule is COC(=O)CC(NC(=O)Cc1csc(-c2ccco2)n1)c1ccc(Br)cc1. The van der Waals surface area contributed by atoms with Gasteiger partial charge in [0.1, 0.15) is 0 Å². The van der Waals surface area contributed by atoms with Gasteiger partial charge in [-0.2, -0.15) is 0 Å². The molecule has 3 rings (SSSR count). The first-order chi connectivity index (χ1) is 13.0. The summed E-state index contributed by atoms with van der Waals surface area (Å²) in [5.74, 6) is 0.0604. The Bertz CT molecular complexity index is 906. The Labute approximate surface area is 168 Å². The monoisotopic (exact) mass is 448 g/mol. The first-order valence-corrected chi connectivity index (χ1v) is 9.82. The maximum Gasteiger partial charge on any atom is 0.307 e. The third kappa shape index (κ3) is 5.27. The van der Waals surface area contributed by atoms with Crippen molar-refractivity contribution in [1.82, 2.24) is 10.3 Å². The highest BCUT2D eigenvalue weighted by Crippen LogP contribution is 2.24. The highest BCUT2D eigenvalue weighted by Gasteiger charge is 2.20. The zero-order valence-corrected chi connectivity index (χ0v) is 16.9. The highest BCUT2D eigenvalue weighted by atomic mass is 79.9. The number of ether oxygens (including phenoxy) is 1. The summed E-state index contributed by atoms with van der Waals surface area (Å²) in [4.78, 5) is 28.7. The van der Waals surface area contributed by atoms with E-state index >= 15 is 0 Å². The largest absolute Gasteiger partial charge is 0.469 e. The van der Waals surface area contributed by atoms with Gasteiger partial charge in [-0.1, -0.05) is 28.1 Å². The third-order valence-electron chi connectivity index (χ3n) is 3.83. The number of furan rings is 1. The molecular formula is C19H17BrN2O4S. The fourth-order valence-electron chi connectivity index (χ4n) is 2.51. The molecule has 1 N–H and O–H groups in total. The number of aromatic nitrogens is 1. The van der Waals surface area contributed by atoms with E-state index in [1.54, 1.807) is 12.3 Å². The van der Waals surface area contributed by atoms with E-state index in [1.807, 2.05) is 35.7 Å². The fourth-order valence-corrected chi connectivity index (χ4v) is 3.56. The van der Waals surface area contributed by atoms with Gasteiger partial charge in [0.2, 0.25) is 5.91 Å². The summed E-state index contributed by atoms with van der Waals surface area (Å²) in [6.45, 7) is 0. The zero-order valence-electron chi connectivity index (χ0n) is 14.5. The predicted octanol–water partition coefficient (Wildman–Crippen LogP) is 4.13. The molecule has 0 bridgehead atoms. The van der Waals surface area contributed by atoms with Crippen molar-refractivity contribution in [2.45, 2.75) is 18.9 Å². The molecule has 8 heteroatoms. The summed E-state index contributed by atoms with van der Waals surface area (Å²) in [6, 6.07) is 10.6. The molecule has 0 radical (unpaired) electrons. The molecule has 1 amide bonds. The Kier molecular flexibility index (Phi) is 6.41. The number of amides is 1. The van der Waals surface area contributed by atoms with Gasteiger partial charge in [0.15, 0.2) is 10.8 Å². The summed E-state index contributed by atoms with van der Waals surface area (Å²) in [5.41, 5.74) is 1.48. The van der Waals surface area contributed by atoms with Crippen molar-refractivity contribution in [2.75, 3.05) is 7.11 Å². The van der Waals surface area contributed by atoms with Gasteiger partial charge in [0.25, 0.3) is 0 Å². The van der Waals surface area contributed by atoms with Gasteiger partial charge in [-0.25, -0.2) is 4.98 Å². The molecule has 140 valence electrons. The van der Waals surface area contributed by atoms with Crippen LogP contribution in [0.4, 0.5) is 0 Å². The van der Waals surface area contributed by atoms with Gasteiger partial charge in [0.05, 0.1) is 38.0 Å². The van der Waals surface area contributed by atoms with Crippen LogP contribution in [0.15, 0.2) is 56.9 Å². The van der Waals surface area contributed by atoms with Crippen molar-refractivity contribution in [3.05, 3.63) is 63.8 Å². The van der Waals surface area contributed by atoms with E-state index in [-0.39, 0.29) is 18.7 Å². The molecule has 0 aliphatic heterocycles. The molecule has 1 unspecified atom stereocenters. The van der Waals surface area contributed by atoms with Crippen LogP contribution in [0, 0.1) is 0 Å². The van der Waals surface area contributed by atoms with E-state index in [2.05, 4.69) is 26.2 Å². The highest BCUT2D eigenvalue weighted by molar-refractivity contribution is 9.10. The Morgan fingerprint density at radius 3 is 2.74 bits per heavy atom. The molecule has 1 aromatic carbocycles. The minimum atomic E-state index is -0.471. The molecule has 6 nitrogen and oxygen atoms in total. The summed E-state index contributed by atoms with van der Waals surface area (Å²) in [7, 11) is 1.33. The number of carbonyl (C=O) groups excluding carboxylic acids is 2. The lowest BCUT2D eigenvalue weighted by molar-refractivity contribution is -0.141. The number of nitrogens with one attached hydrogen (secondary N) is 1. The standard InChI is InChI=1S/C19H17BrN2O4S/c1-25-18(24)10-15(12-4-6-13(20)7-5-12)22-17(23)9-14-11-27-19(21-14)16-3-2-8-26-16/h2-8,11,15H,9-10H2,1H3,(H,22,23). The molecule has 1 atom stereocenters. The smallest absolute Gasteiger partial charge is 0.307 e. The Hall–Kier alpha value is -2.45. The quantitative estimate of drug-likeness (QED) is 0.549. The second-order valence-corrected chi connectivity index (χ2v) is 7.52. The predicted molar refractivity (Wildman–Crippen MR) is 105 cm³/mol. The lowest BCUT2D eigenvalue weighted by Crippen LogP contribution is -2.31. The molecule has 0 aliphatic carbocycles. The number of thiazole rings is 1. The van der Waals surface area contributed by atoms with Crippen molar-refractivity contribution in [2.24, 2.45) is 0 Å². The van der Waals surface area contributed by atoms with Crippen LogP contribution in [-0.4, -0.2) is 24.0 Å². The number of hydrogen-bond donors (Lipinski definition) is 1. The molecule has 0 fully saturated rings. The molecule has 2 heterocycles. The Morgan fingerprint density at radius 1 is 1.30 bits per heavy atom. The molecule has 0 spiro atoms. The Morgan fingerprint density at radius 2 is 2.07 bits per heavy atom. The van der Waals surface area contributed by atoms with Gasteiger partial charge < -0.3 is 14.5 Å². The average Bonchev–Trinajstić information content (AvgIpc) is 3.33. The maximum absolute atomic E-state index is 12.5. The molecule has 0 saturated carbocycles. The molecule has 2 aromatic heterocycles. The second kappa shape index (κ2) is 8.96. The van der Waals surface area contributed by atoms with Crippen LogP contribution < -0.4 is 5.32 Å². The molecule has 0 aliphatic rings. The lowest BCUT2D eigenvalue weighted by Gasteiger charge is -2.18. The number of methoxy groups -OCH3 is 1. The minimum absolute atomic E-state index is 0.0542. The van der Waals surface area contributed by atoms with Gasteiger partial charge in [-0.15, -0.1) is 11.3 Å². The normalized spacial score (nSPS) is 11.8. The van der Waals surface area contributed by atoms with Gasteiger partial charge in [-0.05, 0) is 29.8 Å². The number of rotatable bonds is 7. The molecule has 3 aromatic rings. The summed E-state index contributed by atoms with van der Waals surface area (Å²) in [5, 5.41) is 5.45. The maximum atomic E-state index is 12.5. The number of halogens is 1. The van der Waals surface area contributed by atoms with Gasteiger partial charge in [-0.3, -0.25) is 9.59 Å². The second-order valence-electron chi connectivity index (χ2n) is 5.75. The van der Waals surface area contributed by atoms with Crippen molar-refractivity contribution >= 4 is 39.1 Å². The summed E-state index contributed by atoms with van der Waals surface area (Å²) >= 11 is 4.80. The topological polar surface area (TPSA) is 81.4 Å². The van der Waals surface area contributed by atoms with Crippen molar-refractivity contribution in [1.29, 1.82) is 0 Å². The van der Waals surface area contributed by atoms with Crippen LogP contribution in [0.25, 0.3) is 10.8 Å². The Balaban J connectivity index is 1.68. The average molecular weight is 449 g/mol. The lowest BCUT2D eigenvalue weighted by atomic mass is 10.0. The van der Waals surface area contributed by atoms with E-state index in [0.29, 0.717) is 11.5 Å². The number of nitrogens with zero attached hydrogens (tertiary/aromatic N) is 1. The van der Waals surface area contributed by atoms with E-state index in [9.17, 15) is 9.59 Å². The van der Waals surface area contributed by atoms with Crippen molar-refractivity contribution in [3.63, 3.8) is 0 Å². The number of benzene rings is 1. The fraction of sp³-hybridized carbons (Fsp3) is 0.211. The van der Waals surface area contributed by atoms with Gasteiger partial charge in [0, 0.05) is 9.85 Å². The third-order valence-corrected chi connectivity index (χ3v) is 5.27. The van der Waals surface area contributed by atoms with E-state index in [0.717, 1.165) is 15.0 Å². The van der Waals surface area contributed by atoms with E-state index < -0.39 is 12.0 Å². The zero-order chi connectivity index (χ0) is 19.2.